The topological polar surface area (TPSA) is 45.2 Å². The summed E-state index contributed by atoms with van der Waals surface area (Å²) < 4.78 is 10.9. The first-order chi connectivity index (χ1) is 12.3. The highest BCUT2D eigenvalue weighted by molar-refractivity contribution is 5.14. The summed E-state index contributed by atoms with van der Waals surface area (Å²) in [7, 11) is 0. The van der Waals surface area contributed by atoms with Gasteiger partial charge in [0, 0.05) is 52.5 Å². The average Bonchev–Trinajstić information content (AvgIpc) is 2.64. The molecule has 1 atom stereocenters. The molecule has 2 fully saturated rings. The maximum atomic E-state index is 10.6. The number of rotatable bonds is 8. The second kappa shape index (κ2) is 10.2. The predicted octanol–water partition coefficient (Wildman–Crippen LogP) is 1.61. The van der Waals surface area contributed by atoms with Crippen LogP contribution in [-0.4, -0.2) is 80.2 Å². The molecule has 2 aliphatic rings. The molecule has 0 bridgehead atoms. The lowest BCUT2D eigenvalue weighted by Gasteiger charge is -2.33. The van der Waals surface area contributed by atoms with Crippen LogP contribution in [0, 0.1) is 5.92 Å². The number of morpholine rings is 1. The molecule has 0 spiro atoms. The Morgan fingerprint density at radius 1 is 1.04 bits per heavy atom. The molecular weight excluding hydrogens is 316 g/mol. The van der Waals surface area contributed by atoms with Gasteiger partial charge in [-0.3, -0.25) is 9.80 Å². The Kier molecular flexibility index (Phi) is 7.70. The molecule has 5 heteroatoms. The van der Waals surface area contributed by atoms with Gasteiger partial charge in [-0.1, -0.05) is 30.3 Å². The van der Waals surface area contributed by atoms with E-state index in [4.69, 9.17) is 9.47 Å². The number of hydrogen-bond donors (Lipinski definition) is 1. The standard InChI is InChI=1S/C20H32N2O3/c23-20(16-21-8-12-25-13-9-21)17-22(14-18-4-2-1-3-5-18)15-19-6-10-24-11-7-19/h1-5,19-20,23H,6-17H2. The first-order valence-corrected chi connectivity index (χ1v) is 9.62. The zero-order valence-electron chi connectivity index (χ0n) is 15.2. The highest BCUT2D eigenvalue weighted by Crippen LogP contribution is 2.18. The van der Waals surface area contributed by atoms with E-state index in [1.54, 1.807) is 0 Å². The third-order valence-corrected chi connectivity index (χ3v) is 5.15. The van der Waals surface area contributed by atoms with Crippen molar-refractivity contribution in [1.82, 2.24) is 9.80 Å². The minimum Gasteiger partial charge on any atom is -0.390 e. The zero-order valence-corrected chi connectivity index (χ0v) is 15.2. The van der Waals surface area contributed by atoms with Gasteiger partial charge in [0.25, 0.3) is 0 Å². The normalized spacial score (nSPS) is 21.5. The molecule has 1 aromatic carbocycles. The van der Waals surface area contributed by atoms with E-state index in [1.165, 1.54) is 5.56 Å². The lowest BCUT2D eigenvalue weighted by Crippen LogP contribution is -2.45. The van der Waals surface area contributed by atoms with Crippen LogP contribution < -0.4 is 0 Å². The maximum Gasteiger partial charge on any atom is 0.0793 e. The summed E-state index contributed by atoms with van der Waals surface area (Å²) in [4.78, 5) is 4.74. The third kappa shape index (κ3) is 6.68. The SMILES string of the molecule is OC(CN1CCOCC1)CN(Cc1ccccc1)CC1CCOCC1. The van der Waals surface area contributed by atoms with Gasteiger partial charge in [-0.05, 0) is 24.3 Å². The Labute approximate surface area is 151 Å². The van der Waals surface area contributed by atoms with Crippen molar-refractivity contribution in [3.63, 3.8) is 0 Å². The van der Waals surface area contributed by atoms with Gasteiger partial charge in [0.2, 0.25) is 0 Å². The average molecular weight is 348 g/mol. The number of β-amino-alcohol motifs (C(OH)–C–C–N with tert-alkyl or cyclic N) is 1. The van der Waals surface area contributed by atoms with Crippen LogP contribution in [0.3, 0.4) is 0 Å². The first kappa shape index (κ1) is 18.8. The van der Waals surface area contributed by atoms with E-state index in [9.17, 15) is 5.11 Å². The first-order valence-electron chi connectivity index (χ1n) is 9.62. The summed E-state index contributed by atoms with van der Waals surface area (Å²) in [6, 6.07) is 10.6. The lowest BCUT2D eigenvalue weighted by molar-refractivity contribution is 0.00119. The van der Waals surface area contributed by atoms with Gasteiger partial charge in [-0.15, -0.1) is 0 Å². The van der Waals surface area contributed by atoms with E-state index < -0.39 is 0 Å². The molecule has 1 N–H and O–H groups in total. The van der Waals surface area contributed by atoms with E-state index in [0.717, 1.165) is 78.5 Å². The number of hydrogen-bond acceptors (Lipinski definition) is 5. The Hall–Kier alpha value is -0.980. The zero-order chi connectivity index (χ0) is 17.3. The van der Waals surface area contributed by atoms with Crippen molar-refractivity contribution in [1.29, 1.82) is 0 Å². The molecule has 2 aliphatic heterocycles. The molecule has 0 radical (unpaired) electrons. The molecule has 0 aliphatic carbocycles. The van der Waals surface area contributed by atoms with Crippen molar-refractivity contribution in [3.05, 3.63) is 35.9 Å². The van der Waals surface area contributed by atoms with Gasteiger partial charge in [-0.25, -0.2) is 0 Å². The second-order valence-corrected chi connectivity index (χ2v) is 7.30. The van der Waals surface area contributed by atoms with Gasteiger partial charge in [0.15, 0.2) is 0 Å². The molecular formula is C20H32N2O3. The van der Waals surface area contributed by atoms with Crippen LogP contribution in [0.2, 0.25) is 0 Å². The minimum absolute atomic E-state index is 0.318. The quantitative estimate of drug-likeness (QED) is 0.773. The van der Waals surface area contributed by atoms with Crippen molar-refractivity contribution >= 4 is 0 Å². The van der Waals surface area contributed by atoms with E-state index in [0.29, 0.717) is 5.92 Å². The molecule has 5 nitrogen and oxygen atoms in total. The summed E-state index contributed by atoms with van der Waals surface area (Å²) in [6.07, 6.45) is 1.94. The van der Waals surface area contributed by atoms with Gasteiger partial charge in [0.05, 0.1) is 19.3 Å². The smallest absolute Gasteiger partial charge is 0.0793 e. The van der Waals surface area contributed by atoms with E-state index in [-0.39, 0.29) is 6.10 Å². The van der Waals surface area contributed by atoms with Gasteiger partial charge >= 0.3 is 0 Å². The summed E-state index contributed by atoms with van der Waals surface area (Å²) in [5.41, 5.74) is 1.31. The molecule has 0 saturated carbocycles. The van der Waals surface area contributed by atoms with Crippen LogP contribution in [-0.2, 0) is 16.0 Å². The number of aliphatic hydroxyl groups excluding tert-OH is 1. The largest absolute Gasteiger partial charge is 0.390 e. The van der Waals surface area contributed by atoms with Crippen molar-refractivity contribution in [2.45, 2.75) is 25.5 Å². The van der Waals surface area contributed by atoms with E-state index in [2.05, 4.69) is 40.1 Å². The minimum atomic E-state index is -0.318. The van der Waals surface area contributed by atoms with Crippen LogP contribution in [0.15, 0.2) is 30.3 Å². The second-order valence-electron chi connectivity index (χ2n) is 7.30. The molecule has 2 heterocycles. The monoisotopic (exact) mass is 348 g/mol. The van der Waals surface area contributed by atoms with Crippen molar-refractivity contribution in [2.75, 3.05) is 59.2 Å². The number of ether oxygens (including phenoxy) is 2. The fraction of sp³-hybridized carbons (Fsp3) is 0.700. The lowest BCUT2D eigenvalue weighted by atomic mass is 9.99. The fourth-order valence-electron chi connectivity index (χ4n) is 3.78. The van der Waals surface area contributed by atoms with E-state index >= 15 is 0 Å². The molecule has 25 heavy (non-hydrogen) atoms. The van der Waals surface area contributed by atoms with Gasteiger partial charge in [0.1, 0.15) is 0 Å². The summed E-state index contributed by atoms with van der Waals surface area (Å²) in [6.45, 7) is 8.57. The van der Waals surface area contributed by atoms with Crippen LogP contribution in [0.5, 0.6) is 0 Å². The van der Waals surface area contributed by atoms with Crippen LogP contribution in [0.1, 0.15) is 18.4 Å². The van der Waals surface area contributed by atoms with Crippen LogP contribution >= 0.6 is 0 Å². The van der Waals surface area contributed by atoms with Crippen LogP contribution in [0.25, 0.3) is 0 Å². The Morgan fingerprint density at radius 3 is 2.44 bits per heavy atom. The Morgan fingerprint density at radius 2 is 1.72 bits per heavy atom. The Balaban J connectivity index is 1.54. The molecule has 140 valence electrons. The fourth-order valence-corrected chi connectivity index (χ4v) is 3.78. The highest BCUT2D eigenvalue weighted by atomic mass is 16.5. The van der Waals surface area contributed by atoms with Crippen LogP contribution in [0.4, 0.5) is 0 Å². The highest BCUT2D eigenvalue weighted by Gasteiger charge is 2.21. The van der Waals surface area contributed by atoms with Crippen molar-refractivity contribution in [3.8, 4) is 0 Å². The molecule has 1 aromatic rings. The van der Waals surface area contributed by atoms with Gasteiger partial charge < -0.3 is 14.6 Å². The van der Waals surface area contributed by atoms with E-state index in [1.807, 2.05) is 0 Å². The number of nitrogens with zero attached hydrogens (tertiary/aromatic N) is 2. The number of benzene rings is 1. The Bertz CT molecular complexity index is 473. The molecule has 0 aromatic heterocycles. The summed E-state index contributed by atoms with van der Waals surface area (Å²) in [5, 5.41) is 10.6. The molecule has 3 rings (SSSR count). The molecule has 2 saturated heterocycles. The molecule has 0 amide bonds. The maximum absolute atomic E-state index is 10.6. The predicted molar refractivity (Wildman–Crippen MR) is 98.5 cm³/mol. The number of aliphatic hydroxyl groups is 1. The van der Waals surface area contributed by atoms with Crippen molar-refractivity contribution in [2.24, 2.45) is 5.92 Å². The molecule has 1 unspecified atom stereocenters. The van der Waals surface area contributed by atoms with Crippen molar-refractivity contribution < 1.29 is 14.6 Å². The summed E-state index contributed by atoms with van der Waals surface area (Å²) in [5.74, 6) is 0.674. The van der Waals surface area contributed by atoms with Gasteiger partial charge in [-0.2, -0.15) is 0 Å². The third-order valence-electron chi connectivity index (χ3n) is 5.15. The summed E-state index contributed by atoms with van der Waals surface area (Å²) >= 11 is 0.